The molecule has 1 aliphatic carbocycles. The predicted octanol–water partition coefficient (Wildman–Crippen LogP) is 5.37. The summed E-state index contributed by atoms with van der Waals surface area (Å²) in [7, 11) is 0. The lowest BCUT2D eigenvalue weighted by Gasteiger charge is -2.30. The molecule has 4 aromatic rings. The molecule has 0 amide bonds. The van der Waals surface area contributed by atoms with Crippen LogP contribution in [0.25, 0.3) is 17.1 Å². The standard InChI is InChI=1S/C26H21N3O/c30-25-18-20(16-15-19-9-3-1-4-10-19)17-22(21-11-5-2-6-12-21)26(25)29-24-14-8-7-13-23(24)27-28-29/h1-16,18,22,26H,17H2/t22-,26-/m1/s1. The van der Waals surface area contributed by atoms with Crippen LogP contribution in [0.2, 0.25) is 0 Å². The third-order valence-corrected chi connectivity index (χ3v) is 5.61. The van der Waals surface area contributed by atoms with Gasteiger partial charge < -0.3 is 0 Å². The van der Waals surface area contributed by atoms with Crippen molar-refractivity contribution in [1.82, 2.24) is 15.0 Å². The summed E-state index contributed by atoms with van der Waals surface area (Å²) in [5, 5.41) is 8.64. The number of hydrogen-bond acceptors (Lipinski definition) is 3. The fourth-order valence-corrected chi connectivity index (χ4v) is 4.16. The highest BCUT2D eigenvalue weighted by Gasteiger charge is 2.35. The fourth-order valence-electron chi connectivity index (χ4n) is 4.16. The highest BCUT2D eigenvalue weighted by atomic mass is 16.1. The van der Waals surface area contributed by atoms with Gasteiger partial charge in [-0.25, -0.2) is 4.68 Å². The zero-order valence-corrected chi connectivity index (χ0v) is 16.4. The number of fused-ring (bicyclic) bond motifs is 1. The van der Waals surface area contributed by atoms with Gasteiger partial charge in [0, 0.05) is 5.92 Å². The Morgan fingerprint density at radius 3 is 2.33 bits per heavy atom. The van der Waals surface area contributed by atoms with Crippen molar-refractivity contribution in [1.29, 1.82) is 0 Å². The first kappa shape index (κ1) is 18.3. The largest absolute Gasteiger partial charge is 0.292 e. The summed E-state index contributed by atoms with van der Waals surface area (Å²) in [5.74, 6) is 0.0442. The molecule has 0 unspecified atom stereocenters. The minimum absolute atomic E-state index is 0.00997. The van der Waals surface area contributed by atoms with Crippen LogP contribution < -0.4 is 0 Å². The van der Waals surface area contributed by atoms with Crippen molar-refractivity contribution in [3.63, 3.8) is 0 Å². The van der Waals surface area contributed by atoms with Crippen LogP contribution in [0.15, 0.2) is 103 Å². The number of hydrogen-bond donors (Lipinski definition) is 0. The van der Waals surface area contributed by atoms with E-state index < -0.39 is 6.04 Å². The molecule has 4 nitrogen and oxygen atoms in total. The molecule has 0 N–H and O–H groups in total. The van der Waals surface area contributed by atoms with Gasteiger partial charge in [0.15, 0.2) is 5.78 Å². The molecule has 1 aromatic heterocycles. The van der Waals surface area contributed by atoms with Gasteiger partial charge in [-0.15, -0.1) is 5.10 Å². The number of rotatable bonds is 4. The van der Waals surface area contributed by atoms with Crippen molar-refractivity contribution in [3.8, 4) is 0 Å². The molecule has 2 atom stereocenters. The Morgan fingerprint density at radius 2 is 1.53 bits per heavy atom. The van der Waals surface area contributed by atoms with Gasteiger partial charge in [-0.05, 0) is 41.3 Å². The maximum atomic E-state index is 13.3. The summed E-state index contributed by atoms with van der Waals surface area (Å²) in [5.41, 5.74) is 4.96. The van der Waals surface area contributed by atoms with Crippen molar-refractivity contribution in [2.45, 2.75) is 18.4 Å². The SMILES string of the molecule is O=C1C=C(C=Cc2ccccc2)C[C@H](c2ccccc2)[C@H]1n1nnc2ccccc21. The number of allylic oxidation sites excluding steroid dienone is 3. The average Bonchev–Trinajstić information content (AvgIpc) is 3.22. The quantitative estimate of drug-likeness (QED) is 0.470. The third kappa shape index (κ3) is 3.48. The number of aromatic nitrogens is 3. The first-order valence-electron chi connectivity index (χ1n) is 10.1. The van der Waals surface area contributed by atoms with Gasteiger partial charge in [-0.2, -0.15) is 0 Å². The number of carbonyl (C=O) groups excluding carboxylic acids is 1. The Bertz CT molecular complexity index is 1240. The predicted molar refractivity (Wildman–Crippen MR) is 119 cm³/mol. The van der Waals surface area contributed by atoms with Gasteiger partial charge in [0.1, 0.15) is 11.6 Å². The van der Waals surface area contributed by atoms with E-state index in [1.54, 1.807) is 10.8 Å². The van der Waals surface area contributed by atoms with E-state index in [-0.39, 0.29) is 11.7 Å². The van der Waals surface area contributed by atoms with Crippen LogP contribution in [0.4, 0.5) is 0 Å². The maximum Gasteiger partial charge on any atom is 0.181 e. The van der Waals surface area contributed by atoms with Crippen molar-refractivity contribution < 1.29 is 4.79 Å². The molecule has 0 fully saturated rings. The number of nitrogens with zero attached hydrogens (tertiary/aromatic N) is 3. The number of carbonyl (C=O) groups is 1. The average molecular weight is 391 g/mol. The minimum Gasteiger partial charge on any atom is -0.292 e. The normalized spacial score (nSPS) is 19.3. The van der Waals surface area contributed by atoms with E-state index >= 15 is 0 Å². The molecule has 0 aliphatic heterocycles. The Kier molecular flexibility index (Phi) is 4.81. The molecule has 4 heteroatoms. The van der Waals surface area contributed by atoms with Crippen molar-refractivity contribution in [2.75, 3.05) is 0 Å². The van der Waals surface area contributed by atoms with Crippen LogP contribution >= 0.6 is 0 Å². The second-order valence-corrected chi connectivity index (χ2v) is 7.55. The minimum atomic E-state index is -0.409. The summed E-state index contributed by atoms with van der Waals surface area (Å²) < 4.78 is 1.80. The summed E-state index contributed by atoms with van der Waals surface area (Å²) >= 11 is 0. The van der Waals surface area contributed by atoms with E-state index in [1.165, 1.54) is 0 Å². The lowest BCUT2D eigenvalue weighted by Crippen LogP contribution is -2.29. The molecule has 3 aromatic carbocycles. The van der Waals surface area contributed by atoms with Gasteiger partial charge in [-0.1, -0.05) is 90.2 Å². The molecule has 30 heavy (non-hydrogen) atoms. The van der Waals surface area contributed by atoms with Crippen LogP contribution in [0.3, 0.4) is 0 Å². The summed E-state index contributed by atoms with van der Waals surface area (Å²) in [6.07, 6.45) is 6.64. The molecule has 5 rings (SSSR count). The van der Waals surface area contributed by atoms with E-state index in [0.29, 0.717) is 0 Å². The van der Waals surface area contributed by atoms with Crippen LogP contribution in [0.1, 0.15) is 29.5 Å². The van der Waals surface area contributed by atoms with Crippen molar-refractivity contribution in [3.05, 3.63) is 114 Å². The second kappa shape index (κ2) is 7.91. The first-order chi connectivity index (χ1) is 14.8. The molecule has 146 valence electrons. The van der Waals surface area contributed by atoms with E-state index in [1.807, 2.05) is 60.7 Å². The van der Waals surface area contributed by atoms with Crippen LogP contribution in [0.5, 0.6) is 0 Å². The molecule has 0 bridgehead atoms. The molecule has 1 heterocycles. The number of benzene rings is 3. The molecule has 0 saturated carbocycles. The summed E-state index contributed by atoms with van der Waals surface area (Å²) in [6.45, 7) is 0. The lowest BCUT2D eigenvalue weighted by molar-refractivity contribution is -0.118. The summed E-state index contributed by atoms with van der Waals surface area (Å²) in [6, 6.07) is 27.7. The molecule has 0 radical (unpaired) electrons. The lowest BCUT2D eigenvalue weighted by atomic mass is 9.79. The van der Waals surface area contributed by atoms with Gasteiger partial charge in [0.05, 0.1) is 5.52 Å². The van der Waals surface area contributed by atoms with E-state index in [9.17, 15) is 4.79 Å². The van der Waals surface area contributed by atoms with Crippen LogP contribution in [0, 0.1) is 0 Å². The smallest absolute Gasteiger partial charge is 0.181 e. The second-order valence-electron chi connectivity index (χ2n) is 7.55. The Balaban J connectivity index is 1.56. The fraction of sp³-hybridized carbons (Fsp3) is 0.115. The van der Waals surface area contributed by atoms with Gasteiger partial charge in [0.2, 0.25) is 0 Å². The topological polar surface area (TPSA) is 47.8 Å². The van der Waals surface area contributed by atoms with E-state index in [0.717, 1.165) is 34.2 Å². The Labute approximate surface area is 175 Å². The Morgan fingerprint density at radius 1 is 0.833 bits per heavy atom. The number of para-hydroxylation sites is 1. The van der Waals surface area contributed by atoms with Gasteiger partial charge >= 0.3 is 0 Å². The maximum absolute atomic E-state index is 13.3. The van der Waals surface area contributed by atoms with Gasteiger partial charge in [0.25, 0.3) is 0 Å². The molecular formula is C26H21N3O. The highest BCUT2D eigenvalue weighted by molar-refractivity contribution is 5.97. The zero-order valence-electron chi connectivity index (χ0n) is 16.4. The number of ketones is 1. The monoisotopic (exact) mass is 391 g/mol. The highest BCUT2D eigenvalue weighted by Crippen LogP contribution is 2.40. The van der Waals surface area contributed by atoms with Gasteiger partial charge in [-0.3, -0.25) is 4.79 Å². The van der Waals surface area contributed by atoms with E-state index in [4.69, 9.17) is 0 Å². The first-order valence-corrected chi connectivity index (χ1v) is 10.1. The van der Waals surface area contributed by atoms with E-state index in [2.05, 4.69) is 46.7 Å². The summed E-state index contributed by atoms with van der Waals surface area (Å²) in [4.78, 5) is 13.3. The van der Waals surface area contributed by atoms with Crippen molar-refractivity contribution in [2.24, 2.45) is 0 Å². The zero-order chi connectivity index (χ0) is 20.3. The Hall–Kier alpha value is -3.79. The molecule has 1 aliphatic rings. The molecule has 0 spiro atoms. The third-order valence-electron chi connectivity index (χ3n) is 5.61. The van der Waals surface area contributed by atoms with Crippen molar-refractivity contribution >= 4 is 22.9 Å². The van der Waals surface area contributed by atoms with Crippen LogP contribution in [-0.4, -0.2) is 20.8 Å². The van der Waals surface area contributed by atoms with Crippen LogP contribution in [-0.2, 0) is 4.79 Å². The molecular weight excluding hydrogens is 370 g/mol. The molecule has 0 saturated heterocycles.